The monoisotopic (exact) mass is 360 g/mol. The highest BCUT2D eigenvalue weighted by Crippen LogP contribution is 2.30. The average molecular weight is 360 g/mol. The van der Waals surface area contributed by atoms with Crippen molar-refractivity contribution < 1.29 is 29.0 Å². The van der Waals surface area contributed by atoms with Crippen LogP contribution in [0.1, 0.15) is 68.3 Å². The number of aromatic hydroxyl groups is 1. The molecule has 1 N–H and O–H groups in total. The van der Waals surface area contributed by atoms with Crippen LogP contribution in [0.3, 0.4) is 0 Å². The summed E-state index contributed by atoms with van der Waals surface area (Å²) in [6.45, 7) is 3.01. The molecule has 0 spiro atoms. The van der Waals surface area contributed by atoms with Gasteiger partial charge < -0.3 is 14.6 Å². The Bertz CT molecular complexity index is 719. The van der Waals surface area contributed by atoms with Crippen LogP contribution in [-0.4, -0.2) is 28.9 Å². The van der Waals surface area contributed by atoms with Crippen LogP contribution in [-0.2, 0) is 14.3 Å². The van der Waals surface area contributed by atoms with Gasteiger partial charge in [-0.25, -0.2) is 4.79 Å². The van der Waals surface area contributed by atoms with Crippen LogP contribution in [0.5, 0.6) is 11.5 Å². The summed E-state index contributed by atoms with van der Waals surface area (Å²) in [5, 5.41) is 10.3. The van der Waals surface area contributed by atoms with Gasteiger partial charge in [0.15, 0.2) is 0 Å². The Morgan fingerprint density at radius 3 is 2.69 bits per heavy atom. The number of carbonyl (C=O) groups excluding carboxylic acids is 3. The van der Waals surface area contributed by atoms with Gasteiger partial charge in [0.25, 0.3) is 0 Å². The molecule has 0 aliphatic carbocycles. The minimum atomic E-state index is -0.646. The van der Waals surface area contributed by atoms with Crippen molar-refractivity contribution in [1.82, 2.24) is 0 Å². The van der Waals surface area contributed by atoms with E-state index < -0.39 is 11.9 Å². The van der Waals surface area contributed by atoms with Crippen molar-refractivity contribution in [1.29, 1.82) is 0 Å². The Morgan fingerprint density at radius 1 is 1.23 bits per heavy atom. The summed E-state index contributed by atoms with van der Waals surface area (Å²) in [6.07, 6.45) is 6.75. The molecule has 6 heteroatoms. The maximum absolute atomic E-state index is 12.5. The zero-order chi connectivity index (χ0) is 19.1. The number of hydrogen-bond acceptors (Lipinski definition) is 6. The zero-order valence-electron chi connectivity index (χ0n) is 15.1. The Labute approximate surface area is 152 Å². The standard InChI is InChI=1S/C20H24O6/c1-13-7-6-10-16(22)9-5-3-4-8-15-11-17(26-14(2)21)12-18(23)19(15)20(24)25-13/h4,8,11-13,23H,3,5-7,9-10H2,1-2H3/t13-/m0/s1. The number of phenolic OH excluding ortho intramolecular Hbond substituents is 1. The quantitative estimate of drug-likeness (QED) is 0.605. The van der Waals surface area contributed by atoms with Crippen LogP contribution in [0, 0.1) is 0 Å². The summed E-state index contributed by atoms with van der Waals surface area (Å²) in [7, 11) is 0. The van der Waals surface area contributed by atoms with E-state index in [4.69, 9.17) is 9.47 Å². The first-order valence-corrected chi connectivity index (χ1v) is 8.81. The summed E-state index contributed by atoms with van der Waals surface area (Å²) in [6, 6.07) is 2.73. The second-order valence-corrected chi connectivity index (χ2v) is 6.44. The molecule has 1 aromatic carbocycles. The highest BCUT2D eigenvalue weighted by Gasteiger charge is 2.21. The Balaban J connectivity index is 2.37. The SMILES string of the molecule is CC(=O)Oc1cc(O)c2c(c1)C=CCCCC(=O)CCC[C@H](C)OC2=O. The van der Waals surface area contributed by atoms with E-state index in [0.717, 1.165) is 6.42 Å². The van der Waals surface area contributed by atoms with Gasteiger partial charge in [0, 0.05) is 25.8 Å². The van der Waals surface area contributed by atoms with Crippen LogP contribution in [0.4, 0.5) is 0 Å². The van der Waals surface area contributed by atoms with Crippen LogP contribution >= 0.6 is 0 Å². The van der Waals surface area contributed by atoms with E-state index in [1.54, 1.807) is 13.0 Å². The highest BCUT2D eigenvalue weighted by atomic mass is 16.5. The van der Waals surface area contributed by atoms with Gasteiger partial charge >= 0.3 is 11.9 Å². The van der Waals surface area contributed by atoms with E-state index in [2.05, 4.69) is 0 Å². The number of benzene rings is 1. The van der Waals surface area contributed by atoms with Crippen molar-refractivity contribution in [2.45, 2.75) is 58.5 Å². The molecular formula is C20H24O6. The van der Waals surface area contributed by atoms with E-state index in [0.29, 0.717) is 37.7 Å². The average Bonchev–Trinajstić information content (AvgIpc) is 2.52. The van der Waals surface area contributed by atoms with Crippen molar-refractivity contribution in [3.05, 3.63) is 29.3 Å². The lowest BCUT2D eigenvalue weighted by Crippen LogP contribution is -2.17. The van der Waals surface area contributed by atoms with Gasteiger partial charge in [-0.15, -0.1) is 0 Å². The maximum atomic E-state index is 12.5. The molecule has 0 bridgehead atoms. The highest BCUT2D eigenvalue weighted by molar-refractivity contribution is 5.97. The van der Waals surface area contributed by atoms with Gasteiger partial charge in [-0.2, -0.15) is 0 Å². The molecule has 0 saturated carbocycles. The molecule has 140 valence electrons. The number of esters is 2. The van der Waals surface area contributed by atoms with Crippen LogP contribution in [0.25, 0.3) is 6.08 Å². The third-order valence-corrected chi connectivity index (χ3v) is 4.09. The molecule has 1 aliphatic heterocycles. The fourth-order valence-corrected chi connectivity index (χ4v) is 2.84. The normalized spacial score (nSPS) is 19.2. The Hall–Kier alpha value is -2.63. The lowest BCUT2D eigenvalue weighted by Gasteiger charge is -2.16. The Morgan fingerprint density at radius 2 is 1.96 bits per heavy atom. The van der Waals surface area contributed by atoms with Crippen molar-refractivity contribution in [3.63, 3.8) is 0 Å². The first-order chi connectivity index (χ1) is 12.4. The minimum absolute atomic E-state index is 0.0390. The third kappa shape index (κ3) is 5.72. The van der Waals surface area contributed by atoms with Gasteiger partial charge in [0.05, 0.1) is 6.10 Å². The van der Waals surface area contributed by atoms with Gasteiger partial charge in [0.1, 0.15) is 22.8 Å². The number of allylic oxidation sites excluding steroid dienone is 1. The minimum Gasteiger partial charge on any atom is -0.507 e. The molecule has 26 heavy (non-hydrogen) atoms. The molecule has 0 unspecified atom stereocenters. The number of ketones is 1. The van der Waals surface area contributed by atoms with E-state index in [9.17, 15) is 19.5 Å². The fourth-order valence-electron chi connectivity index (χ4n) is 2.84. The van der Waals surface area contributed by atoms with E-state index in [-0.39, 0.29) is 28.9 Å². The topological polar surface area (TPSA) is 89.9 Å². The van der Waals surface area contributed by atoms with E-state index in [1.807, 2.05) is 6.08 Å². The summed E-state index contributed by atoms with van der Waals surface area (Å²) in [5.41, 5.74) is 0.443. The smallest absolute Gasteiger partial charge is 0.342 e. The molecule has 6 nitrogen and oxygen atoms in total. The van der Waals surface area contributed by atoms with Crippen LogP contribution in [0.2, 0.25) is 0 Å². The number of carbonyl (C=O) groups is 3. The molecule has 0 aromatic heterocycles. The van der Waals surface area contributed by atoms with Crippen molar-refractivity contribution in [3.8, 4) is 11.5 Å². The molecule has 1 aliphatic rings. The number of fused-ring (bicyclic) bond motifs is 1. The number of hydrogen-bond donors (Lipinski definition) is 1. The summed E-state index contributed by atoms with van der Waals surface area (Å²) in [5.74, 6) is -1.11. The summed E-state index contributed by atoms with van der Waals surface area (Å²) < 4.78 is 10.4. The summed E-state index contributed by atoms with van der Waals surface area (Å²) >= 11 is 0. The fraction of sp³-hybridized carbons (Fsp3) is 0.450. The second kappa shape index (κ2) is 9.17. The molecule has 1 heterocycles. The van der Waals surface area contributed by atoms with Gasteiger partial charge in [-0.05, 0) is 44.2 Å². The predicted octanol–water partition coefficient (Wildman–Crippen LogP) is 3.80. The number of phenols is 1. The zero-order valence-corrected chi connectivity index (χ0v) is 15.1. The predicted molar refractivity (Wildman–Crippen MR) is 96.0 cm³/mol. The number of cyclic esters (lactones) is 1. The molecule has 0 fully saturated rings. The van der Waals surface area contributed by atoms with Crippen molar-refractivity contribution in [2.24, 2.45) is 0 Å². The molecule has 0 amide bonds. The van der Waals surface area contributed by atoms with Crippen LogP contribution < -0.4 is 4.74 Å². The number of ether oxygens (including phenoxy) is 2. The van der Waals surface area contributed by atoms with Crippen molar-refractivity contribution in [2.75, 3.05) is 0 Å². The van der Waals surface area contributed by atoms with Gasteiger partial charge in [0.2, 0.25) is 0 Å². The first-order valence-electron chi connectivity index (χ1n) is 8.81. The lowest BCUT2D eigenvalue weighted by molar-refractivity contribution is -0.131. The maximum Gasteiger partial charge on any atom is 0.342 e. The van der Waals surface area contributed by atoms with E-state index in [1.165, 1.54) is 19.1 Å². The molecular weight excluding hydrogens is 336 g/mol. The number of rotatable bonds is 1. The van der Waals surface area contributed by atoms with Gasteiger partial charge in [-0.3, -0.25) is 9.59 Å². The summed E-state index contributed by atoms with van der Waals surface area (Å²) in [4.78, 5) is 35.5. The second-order valence-electron chi connectivity index (χ2n) is 6.44. The number of Topliss-reactive ketones (excluding diaryl/α,β-unsaturated/α-hetero) is 1. The molecule has 0 radical (unpaired) electrons. The molecule has 2 rings (SSSR count). The molecule has 0 saturated heterocycles. The van der Waals surface area contributed by atoms with Crippen LogP contribution in [0.15, 0.2) is 18.2 Å². The Kier molecular flexibility index (Phi) is 6.95. The largest absolute Gasteiger partial charge is 0.507 e. The molecule has 1 aromatic rings. The van der Waals surface area contributed by atoms with E-state index >= 15 is 0 Å². The molecule has 1 atom stereocenters. The lowest BCUT2D eigenvalue weighted by atomic mass is 10.0. The first kappa shape index (κ1) is 19.7. The van der Waals surface area contributed by atoms with Gasteiger partial charge in [-0.1, -0.05) is 12.2 Å². The third-order valence-electron chi connectivity index (χ3n) is 4.09. The van der Waals surface area contributed by atoms with Crippen molar-refractivity contribution >= 4 is 23.8 Å².